The van der Waals surface area contributed by atoms with Crippen LogP contribution in [0.15, 0.2) is 51.0 Å². The zero-order valence-electron chi connectivity index (χ0n) is 13.7. The molecule has 2 N–H and O–H groups in total. The number of nitrogens with one attached hydrogen (secondary N) is 1. The first kappa shape index (κ1) is 19.3. The molecule has 2 heterocycles. The van der Waals surface area contributed by atoms with Crippen molar-refractivity contribution in [2.45, 2.75) is 18.2 Å². The Balaban J connectivity index is 1.98. The highest BCUT2D eigenvalue weighted by Crippen LogP contribution is 2.38. The second kappa shape index (κ2) is 7.65. The number of aromatic nitrogens is 1. The van der Waals surface area contributed by atoms with E-state index in [1.54, 1.807) is 24.3 Å². The van der Waals surface area contributed by atoms with Crippen LogP contribution in [0.5, 0.6) is 11.6 Å². The first-order valence-corrected chi connectivity index (χ1v) is 8.58. The van der Waals surface area contributed by atoms with Gasteiger partial charge in [-0.2, -0.15) is 18.3 Å². The Morgan fingerprint density at radius 3 is 2.59 bits per heavy atom. The maximum atomic E-state index is 13.6. The average Bonchev–Trinajstić information content (AvgIpc) is 2.60. The van der Waals surface area contributed by atoms with E-state index in [4.69, 9.17) is 4.74 Å². The molecule has 0 aliphatic carbocycles. The molecular weight excluding hydrogens is 429 g/mol. The van der Waals surface area contributed by atoms with E-state index in [1.807, 2.05) is 0 Å². The summed E-state index contributed by atoms with van der Waals surface area (Å²) in [6.07, 6.45) is -2.41. The van der Waals surface area contributed by atoms with Crippen LogP contribution in [0.3, 0.4) is 0 Å². The number of hydrogen-bond donors (Lipinski definition) is 2. The molecule has 0 bridgehead atoms. The van der Waals surface area contributed by atoms with Gasteiger partial charge in [-0.1, -0.05) is 15.9 Å². The molecule has 1 aromatic carbocycles. The fraction of sp³-hybridized carbons (Fsp3) is 0.235. The van der Waals surface area contributed by atoms with Crippen LogP contribution in [0.1, 0.15) is 17.7 Å². The molecule has 27 heavy (non-hydrogen) atoms. The van der Waals surface area contributed by atoms with Crippen molar-refractivity contribution >= 4 is 28.5 Å². The van der Waals surface area contributed by atoms with Crippen LogP contribution in [0.2, 0.25) is 0 Å². The van der Waals surface area contributed by atoms with E-state index < -0.39 is 17.5 Å². The normalized spacial score (nSPS) is 21.1. The minimum Gasteiger partial charge on any atom is -0.439 e. The summed E-state index contributed by atoms with van der Waals surface area (Å²) in [5.41, 5.74) is -0.993. The topological polar surface area (TPSA) is 79.1 Å². The molecule has 1 aliphatic heterocycles. The van der Waals surface area contributed by atoms with Gasteiger partial charge in [-0.15, -0.1) is 0 Å². The number of aliphatic hydroxyl groups is 1. The first-order valence-electron chi connectivity index (χ1n) is 7.78. The van der Waals surface area contributed by atoms with Gasteiger partial charge in [0.25, 0.3) is 0 Å². The van der Waals surface area contributed by atoms with Crippen molar-refractivity contribution in [3.63, 3.8) is 0 Å². The smallest absolute Gasteiger partial charge is 0.433 e. The molecule has 0 fully saturated rings. The van der Waals surface area contributed by atoms with Crippen molar-refractivity contribution in [3.05, 3.63) is 52.1 Å². The van der Waals surface area contributed by atoms with E-state index >= 15 is 0 Å². The van der Waals surface area contributed by atoms with E-state index in [1.165, 1.54) is 18.6 Å². The number of pyridine rings is 1. The number of hydrazone groups is 1. The SMILES string of the molecule is OC1(c2ccc(Oc3ccc(Br)cc3)nc2C(F)(F)F)CC=N/C=N\NC1. The van der Waals surface area contributed by atoms with E-state index in [-0.39, 0.29) is 24.4 Å². The zero-order valence-corrected chi connectivity index (χ0v) is 15.3. The maximum Gasteiger partial charge on any atom is 0.433 e. The lowest BCUT2D eigenvalue weighted by Gasteiger charge is -2.29. The Kier molecular flexibility index (Phi) is 5.47. The average molecular weight is 443 g/mol. The Bertz CT molecular complexity index is 871. The highest BCUT2D eigenvalue weighted by molar-refractivity contribution is 9.10. The number of halogens is 4. The summed E-state index contributed by atoms with van der Waals surface area (Å²) in [5, 5.41) is 14.5. The second-order valence-corrected chi connectivity index (χ2v) is 6.66. The lowest BCUT2D eigenvalue weighted by molar-refractivity contribution is -0.144. The first-order chi connectivity index (χ1) is 12.8. The van der Waals surface area contributed by atoms with Gasteiger partial charge in [0.05, 0.1) is 6.54 Å². The van der Waals surface area contributed by atoms with Crippen LogP contribution in [-0.2, 0) is 11.8 Å². The number of benzene rings is 1. The molecule has 1 unspecified atom stereocenters. The molecule has 1 aliphatic rings. The summed E-state index contributed by atoms with van der Waals surface area (Å²) in [6, 6.07) is 9.00. The van der Waals surface area contributed by atoms with Gasteiger partial charge in [-0.25, -0.2) is 9.98 Å². The van der Waals surface area contributed by atoms with Gasteiger partial charge in [0.2, 0.25) is 5.88 Å². The predicted octanol–water partition coefficient (Wildman–Crippen LogP) is 3.85. The van der Waals surface area contributed by atoms with Crippen molar-refractivity contribution in [1.82, 2.24) is 10.4 Å². The quantitative estimate of drug-likeness (QED) is 0.756. The van der Waals surface area contributed by atoms with Gasteiger partial charge >= 0.3 is 6.18 Å². The van der Waals surface area contributed by atoms with E-state index in [0.29, 0.717) is 5.75 Å². The van der Waals surface area contributed by atoms with Crippen molar-refractivity contribution in [2.75, 3.05) is 6.54 Å². The standard InChI is InChI=1S/C17H14BrF3N4O2/c18-11-1-3-12(4-2-11)27-14-6-5-13(15(25-14)17(19,20)21)16(26)7-8-22-10-24-23-9-16/h1-6,8,10,23,26H,7,9H2/b22-8?,24-10-. The summed E-state index contributed by atoms with van der Waals surface area (Å²) in [6.45, 7) is -0.229. The molecule has 1 atom stereocenters. The number of aliphatic imine (C=N–C) groups is 1. The van der Waals surface area contributed by atoms with Gasteiger partial charge in [0, 0.05) is 28.7 Å². The third-order valence-corrected chi connectivity index (χ3v) is 4.33. The zero-order chi connectivity index (χ0) is 19.5. The lowest BCUT2D eigenvalue weighted by Crippen LogP contribution is -2.39. The number of hydrogen-bond acceptors (Lipinski definition) is 6. The van der Waals surface area contributed by atoms with E-state index in [0.717, 1.165) is 10.5 Å². The molecule has 6 nitrogen and oxygen atoms in total. The van der Waals surface area contributed by atoms with Crippen LogP contribution in [0, 0.1) is 0 Å². The molecule has 1 aromatic heterocycles. The third-order valence-electron chi connectivity index (χ3n) is 3.80. The summed E-state index contributed by atoms with van der Waals surface area (Å²) in [4.78, 5) is 7.36. The molecule has 10 heteroatoms. The lowest BCUT2D eigenvalue weighted by atomic mass is 9.89. The summed E-state index contributed by atoms with van der Waals surface area (Å²) >= 11 is 3.27. The van der Waals surface area contributed by atoms with Crippen LogP contribution in [0.4, 0.5) is 13.2 Å². The summed E-state index contributed by atoms with van der Waals surface area (Å²) in [5.74, 6) is 0.0990. The van der Waals surface area contributed by atoms with E-state index in [2.05, 4.69) is 36.4 Å². The summed E-state index contributed by atoms with van der Waals surface area (Å²) in [7, 11) is 0. The number of ether oxygens (including phenoxy) is 1. The number of nitrogens with zero attached hydrogens (tertiary/aromatic N) is 3. The molecule has 0 radical (unpaired) electrons. The molecule has 3 rings (SSSR count). The van der Waals surface area contributed by atoms with Crippen molar-refractivity contribution in [3.8, 4) is 11.6 Å². The Labute approximate surface area is 160 Å². The van der Waals surface area contributed by atoms with Crippen LogP contribution >= 0.6 is 15.9 Å². The van der Waals surface area contributed by atoms with Crippen LogP contribution < -0.4 is 10.2 Å². The molecule has 142 valence electrons. The Hall–Kier alpha value is -2.46. The van der Waals surface area contributed by atoms with Crippen LogP contribution in [0.25, 0.3) is 0 Å². The molecular formula is C17H14BrF3N4O2. The number of rotatable bonds is 3. The maximum absolute atomic E-state index is 13.6. The van der Waals surface area contributed by atoms with Gasteiger partial charge < -0.3 is 15.3 Å². The van der Waals surface area contributed by atoms with Gasteiger partial charge in [0.15, 0.2) is 5.69 Å². The minimum absolute atomic E-state index is 0.135. The highest BCUT2D eigenvalue weighted by atomic mass is 79.9. The predicted molar refractivity (Wildman–Crippen MR) is 97.0 cm³/mol. The molecule has 0 amide bonds. The second-order valence-electron chi connectivity index (χ2n) is 5.75. The van der Waals surface area contributed by atoms with Crippen molar-refractivity contribution in [1.29, 1.82) is 0 Å². The molecule has 2 aromatic rings. The van der Waals surface area contributed by atoms with Gasteiger partial charge in [-0.3, -0.25) is 0 Å². The third kappa shape index (κ3) is 4.64. The molecule has 0 spiro atoms. The van der Waals surface area contributed by atoms with E-state index in [9.17, 15) is 18.3 Å². The largest absolute Gasteiger partial charge is 0.439 e. The van der Waals surface area contributed by atoms with Gasteiger partial charge in [0.1, 0.15) is 17.7 Å². The monoisotopic (exact) mass is 442 g/mol. The molecule has 0 saturated carbocycles. The van der Waals surface area contributed by atoms with Gasteiger partial charge in [-0.05, 0) is 30.3 Å². The van der Waals surface area contributed by atoms with Crippen molar-refractivity contribution in [2.24, 2.45) is 10.1 Å². The fourth-order valence-corrected chi connectivity index (χ4v) is 2.76. The Morgan fingerprint density at radius 1 is 1.15 bits per heavy atom. The Morgan fingerprint density at radius 2 is 1.89 bits per heavy atom. The number of β-amino-alcohol motifs (C(OH)–C–C–N with tert-alkyl or cyclic N) is 1. The number of alkyl halides is 3. The molecule has 0 saturated heterocycles. The van der Waals surface area contributed by atoms with Crippen LogP contribution in [-0.4, -0.2) is 29.2 Å². The van der Waals surface area contributed by atoms with Crippen molar-refractivity contribution < 1.29 is 23.0 Å². The highest BCUT2D eigenvalue weighted by Gasteiger charge is 2.42. The fourth-order valence-electron chi connectivity index (χ4n) is 2.49. The summed E-state index contributed by atoms with van der Waals surface area (Å²) < 4.78 is 47.0. The minimum atomic E-state index is -4.78.